The summed E-state index contributed by atoms with van der Waals surface area (Å²) in [5.74, 6) is 1.01. The summed E-state index contributed by atoms with van der Waals surface area (Å²) in [5, 5.41) is 6.77. The second kappa shape index (κ2) is 6.35. The maximum atomic E-state index is 12.2. The van der Waals surface area contributed by atoms with E-state index < -0.39 is 0 Å². The minimum atomic E-state index is -0.141. The third kappa shape index (κ3) is 3.56. The molecule has 0 unspecified atom stereocenters. The summed E-state index contributed by atoms with van der Waals surface area (Å²) in [6, 6.07) is 13.0. The fourth-order valence-corrected chi connectivity index (χ4v) is 2.32. The third-order valence-electron chi connectivity index (χ3n) is 3.77. The highest BCUT2D eigenvalue weighted by Gasteiger charge is 2.15. The predicted octanol–water partition coefficient (Wildman–Crippen LogP) is 4.16. The van der Waals surface area contributed by atoms with Crippen molar-refractivity contribution in [3.05, 3.63) is 65.5 Å². The van der Waals surface area contributed by atoms with Crippen molar-refractivity contribution >= 4 is 5.91 Å². The molecule has 2 heterocycles. The number of nitrogens with zero attached hydrogens (tertiary/aromatic N) is 1. The molecule has 1 N–H and O–H groups in total. The molecule has 1 aromatic carbocycles. The monoisotopic (exact) mass is 324 g/mol. The molecule has 2 aromatic heterocycles. The van der Waals surface area contributed by atoms with Gasteiger partial charge in [0.25, 0.3) is 5.91 Å². The van der Waals surface area contributed by atoms with Crippen molar-refractivity contribution in [3.8, 4) is 11.5 Å². The number of furan rings is 1. The number of rotatable bonds is 4. The van der Waals surface area contributed by atoms with Crippen LogP contribution in [-0.4, -0.2) is 11.1 Å². The van der Waals surface area contributed by atoms with E-state index in [9.17, 15) is 4.79 Å². The molecule has 0 spiro atoms. The van der Waals surface area contributed by atoms with E-state index in [2.05, 4.69) is 31.2 Å². The van der Waals surface area contributed by atoms with Crippen LogP contribution in [0.15, 0.2) is 57.7 Å². The number of hydrogen-bond acceptors (Lipinski definition) is 4. The van der Waals surface area contributed by atoms with Gasteiger partial charge in [0.05, 0.1) is 12.8 Å². The minimum Gasteiger partial charge on any atom is -0.461 e. The summed E-state index contributed by atoms with van der Waals surface area (Å²) in [5.41, 5.74) is 2.52. The van der Waals surface area contributed by atoms with Crippen LogP contribution in [0.25, 0.3) is 11.5 Å². The quantitative estimate of drug-likeness (QED) is 0.782. The fraction of sp³-hybridized carbons (Fsp3) is 0.263. The van der Waals surface area contributed by atoms with E-state index in [0.29, 0.717) is 29.3 Å². The molecule has 0 saturated carbocycles. The van der Waals surface area contributed by atoms with Gasteiger partial charge in [-0.2, -0.15) is 0 Å². The molecular weight excluding hydrogens is 304 g/mol. The largest absolute Gasteiger partial charge is 0.461 e. The van der Waals surface area contributed by atoms with Gasteiger partial charge in [0.15, 0.2) is 5.76 Å². The molecule has 0 aliphatic rings. The minimum absolute atomic E-state index is 0.0674. The first-order valence-electron chi connectivity index (χ1n) is 7.82. The second-order valence-electron chi connectivity index (χ2n) is 6.67. The van der Waals surface area contributed by atoms with Crippen LogP contribution in [0.4, 0.5) is 0 Å². The van der Waals surface area contributed by atoms with Gasteiger partial charge < -0.3 is 14.3 Å². The predicted molar refractivity (Wildman–Crippen MR) is 90.5 cm³/mol. The number of hydrogen-bond donors (Lipinski definition) is 1. The Bertz CT molecular complexity index is 809. The lowest BCUT2D eigenvalue weighted by Gasteiger charge is -2.19. The molecule has 0 fully saturated rings. The van der Waals surface area contributed by atoms with E-state index in [-0.39, 0.29) is 11.3 Å². The zero-order chi connectivity index (χ0) is 17.2. The van der Waals surface area contributed by atoms with Crippen molar-refractivity contribution in [1.29, 1.82) is 0 Å². The molecule has 24 heavy (non-hydrogen) atoms. The lowest BCUT2D eigenvalue weighted by molar-refractivity contribution is 0.0950. The van der Waals surface area contributed by atoms with Crippen LogP contribution in [0.1, 0.15) is 42.4 Å². The third-order valence-corrected chi connectivity index (χ3v) is 3.77. The van der Waals surface area contributed by atoms with E-state index in [4.69, 9.17) is 8.94 Å². The van der Waals surface area contributed by atoms with Crippen molar-refractivity contribution in [2.75, 3.05) is 0 Å². The summed E-state index contributed by atoms with van der Waals surface area (Å²) in [7, 11) is 0. The Labute approximate surface area is 140 Å². The number of nitrogens with one attached hydrogen (secondary N) is 1. The molecule has 0 atom stereocenters. The Morgan fingerprint density at radius 1 is 1.12 bits per heavy atom. The van der Waals surface area contributed by atoms with Crippen molar-refractivity contribution < 1.29 is 13.7 Å². The molecule has 5 nitrogen and oxygen atoms in total. The lowest BCUT2D eigenvalue weighted by atomic mass is 9.87. The Morgan fingerprint density at radius 2 is 1.88 bits per heavy atom. The molecule has 1 amide bonds. The average molecular weight is 324 g/mol. The molecule has 5 heteroatoms. The van der Waals surface area contributed by atoms with Crippen LogP contribution < -0.4 is 5.32 Å². The number of carbonyl (C=O) groups excluding carboxylic acids is 1. The first-order valence-corrected chi connectivity index (χ1v) is 7.82. The zero-order valence-corrected chi connectivity index (χ0v) is 14.0. The van der Waals surface area contributed by atoms with E-state index in [1.165, 1.54) is 5.56 Å². The van der Waals surface area contributed by atoms with Crippen LogP contribution in [0.3, 0.4) is 0 Å². The molecular formula is C19H20N2O3. The van der Waals surface area contributed by atoms with Gasteiger partial charge in [-0.05, 0) is 35.2 Å². The van der Waals surface area contributed by atoms with Gasteiger partial charge >= 0.3 is 0 Å². The molecule has 0 radical (unpaired) electrons. The average Bonchev–Trinajstić information content (AvgIpc) is 3.23. The second-order valence-corrected chi connectivity index (χ2v) is 6.67. The standard InChI is InChI=1S/C19H20N2O3/c1-19(2,3)14-8-6-13(7-9-14)18(22)20-12-15-11-17(24-21-15)16-5-4-10-23-16/h4-11H,12H2,1-3H3,(H,20,22). The maximum absolute atomic E-state index is 12.2. The Morgan fingerprint density at radius 3 is 2.50 bits per heavy atom. The smallest absolute Gasteiger partial charge is 0.251 e. The highest BCUT2D eigenvalue weighted by molar-refractivity contribution is 5.94. The van der Waals surface area contributed by atoms with Gasteiger partial charge in [-0.25, -0.2) is 0 Å². The van der Waals surface area contributed by atoms with Crippen molar-refractivity contribution in [2.24, 2.45) is 0 Å². The molecule has 0 bridgehead atoms. The maximum Gasteiger partial charge on any atom is 0.251 e. The number of aromatic nitrogens is 1. The van der Waals surface area contributed by atoms with Gasteiger partial charge in [-0.1, -0.05) is 38.1 Å². The normalized spacial score (nSPS) is 11.5. The highest BCUT2D eigenvalue weighted by atomic mass is 16.5. The molecule has 124 valence electrons. The van der Waals surface area contributed by atoms with Gasteiger partial charge in [0, 0.05) is 11.6 Å². The number of amides is 1. The topological polar surface area (TPSA) is 68.3 Å². The van der Waals surface area contributed by atoms with E-state index in [1.807, 2.05) is 24.3 Å². The summed E-state index contributed by atoms with van der Waals surface area (Å²) < 4.78 is 10.5. The van der Waals surface area contributed by atoms with E-state index in [1.54, 1.807) is 24.5 Å². The molecule has 3 aromatic rings. The molecule has 0 aliphatic heterocycles. The van der Waals surface area contributed by atoms with Crippen LogP contribution >= 0.6 is 0 Å². The summed E-state index contributed by atoms with van der Waals surface area (Å²) in [4.78, 5) is 12.2. The van der Waals surface area contributed by atoms with Crippen LogP contribution in [0, 0.1) is 0 Å². The van der Waals surface area contributed by atoms with Gasteiger partial charge in [0.1, 0.15) is 5.69 Å². The van der Waals surface area contributed by atoms with Gasteiger partial charge in [0.2, 0.25) is 5.76 Å². The lowest BCUT2D eigenvalue weighted by Crippen LogP contribution is -2.23. The van der Waals surface area contributed by atoms with Crippen molar-refractivity contribution in [2.45, 2.75) is 32.7 Å². The summed E-state index contributed by atoms with van der Waals surface area (Å²) in [6.07, 6.45) is 1.57. The Kier molecular flexibility index (Phi) is 4.25. The van der Waals surface area contributed by atoms with E-state index >= 15 is 0 Å². The number of benzene rings is 1. The highest BCUT2D eigenvalue weighted by Crippen LogP contribution is 2.22. The van der Waals surface area contributed by atoms with Gasteiger partial charge in [-0.15, -0.1) is 0 Å². The molecule has 0 saturated heterocycles. The fourth-order valence-electron chi connectivity index (χ4n) is 2.32. The zero-order valence-electron chi connectivity index (χ0n) is 14.0. The Hall–Kier alpha value is -2.82. The van der Waals surface area contributed by atoms with Crippen molar-refractivity contribution in [3.63, 3.8) is 0 Å². The van der Waals surface area contributed by atoms with Crippen LogP contribution in [0.5, 0.6) is 0 Å². The van der Waals surface area contributed by atoms with E-state index in [0.717, 1.165) is 0 Å². The molecule has 3 rings (SSSR count). The SMILES string of the molecule is CC(C)(C)c1ccc(C(=O)NCc2cc(-c3ccco3)on2)cc1. The molecule has 0 aliphatic carbocycles. The number of carbonyl (C=O) groups is 1. The van der Waals surface area contributed by atoms with Crippen LogP contribution in [0.2, 0.25) is 0 Å². The first-order chi connectivity index (χ1) is 11.4. The van der Waals surface area contributed by atoms with Crippen LogP contribution in [-0.2, 0) is 12.0 Å². The summed E-state index contributed by atoms with van der Waals surface area (Å²) >= 11 is 0. The first kappa shape index (κ1) is 16.1. The summed E-state index contributed by atoms with van der Waals surface area (Å²) in [6.45, 7) is 6.72. The van der Waals surface area contributed by atoms with Gasteiger partial charge in [-0.3, -0.25) is 4.79 Å². The Balaban J connectivity index is 1.61. The van der Waals surface area contributed by atoms with Crippen molar-refractivity contribution in [1.82, 2.24) is 10.5 Å².